The highest BCUT2D eigenvalue weighted by molar-refractivity contribution is 7.89. The second kappa shape index (κ2) is 4.75. The molecule has 98 valence electrons. The maximum Gasteiger partial charge on any atom is 0.245 e. The normalized spacial score (nSPS) is 13.3. The molecule has 2 N–H and O–H groups in total. The molecule has 1 heterocycles. The third kappa shape index (κ3) is 3.27. The first-order valence-electron chi connectivity index (χ1n) is 5.34. The lowest BCUT2D eigenvalue weighted by Crippen LogP contribution is -2.39. The van der Waals surface area contributed by atoms with Gasteiger partial charge in [-0.25, -0.2) is 12.7 Å². The van der Waals surface area contributed by atoms with Crippen LogP contribution < -0.4 is 5.73 Å². The van der Waals surface area contributed by atoms with E-state index in [9.17, 15) is 8.42 Å². The van der Waals surface area contributed by atoms with Crippen molar-refractivity contribution in [3.8, 4) is 0 Å². The number of nitrogens with two attached hydrogens (primary N) is 1. The van der Waals surface area contributed by atoms with Crippen molar-refractivity contribution in [3.63, 3.8) is 0 Å². The van der Waals surface area contributed by atoms with Crippen molar-refractivity contribution in [1.29, 1.82) is 0 Å². The summed E-state index contributed by atoms with van der Waals surface area (Å²) < 4.78 is 27.1. The average Bonchev–Trinajstić information content (AvgIpc) is 2.64. The SMILES string of the molecule is CN(CC(C)(C)CN)S(=O)(=O)c1cnn(C)c1. The molecule has 7 heteroatoms. The zero-order chi connectivity index (χ0) is 13.3. The summed E-state index contributed by atoms with van der Waals surface area (Å²) in [5.74, 6) is 0. The lowest BCUT2D eigenvalue weighted by atomic mass is 9.94. The third-order valence-corrected chi connectivity index (χ3v) is 4.35. The number of nitrogens with zero attached hydrogens (tertiary/aromatic N) is 3. The minimum atomic E-state index is -3.47. The molecule has 0 radical (unpaired) electrons. The fraction of sp³-hybridized carbons (Fsp3) is 0.700. The molecule has 0 spiro atoms. The monoisotopic (exact) mass is 260 g/mol. The minimum absolute atomic E-state index is 0.204. The first-order chi connectivity index (χ1) is 7.69. The van der Waals surface area contributed by atoms with Crippen LogP contribution in [0.1, 0.15) is 13.8 Å². The number of hydrogen-bond donors (Lipinski definition) is 1. The van der Waals surface area contributed by atoms with Crippen molar-refractivity contribution in [2.24, 2.45) is 18.2 Å². The van der Waals surface area contributed by atoms with Crippen molar-refractivity contribution < 1.29 is 8.42 Å². The molecular formula is C10H20N4O2S. The summed E-state index contributed by atoms with van der Waals surface area (Å²) in [5, 5.41) is 3.87. The third-order valence-electron chi connectivity index (χ3n) is 2.59. The predicted molar refractivity (Wildman–Crippen MR) is 65.9 cm³/mol. The Hall–Kier alpha value is -0.920. The highest BCUT2D eigenvalue weighted by Crippen LogP contribution is 2.19. The molecule has 1 rings (SSSR count). The Morgan fingerprint density at radius 2 is 2.12 bits per heavy atom. The minimum Gasteiger partial charge on any atom is -0.330 e. The van der Waals surface area contributed by atoms with Crippen LogP contribution in [0.25, 0.3) is 0 Å². The van der Waals surface area contributed by atoms with Gasteiger partial charge in [0.2, 0.25) is 10.0 Å². The van der Waals surface area contributed by atoms with E-state index in [-0.39, 0.29) is 10.3 Å². The van der Waals surface area contributed by atoms with Crippen LogP contribution in [0.15, 0.2) is 17.3 Å². The Labute approximate surface area is 102 Å². The molecule has 0 bridgehead atoms. The van der Waals surface area contributed by atoms with Gasteiger partial charge in [-0.05, 0) is 12.0 Å². The van der Waals surface area contributed by atoms with Gasteiger partial charge < -0.3 is 5.73 Å². The first kappa shape index (κ1) is 14.1. The largest absolute Gasteiger partial charge is 0.330 e. The maximum atomic E-state index is 12.2. The molecule has 6 nitrogen and oxygen atoms in total. The maximum absolute atomic E-state index is 12.2. The van der Waals surface area contributed by atoms with Crippen LogP contribution in [0, 0.1) is 5.41 Å². The van der Waals surface area contributed by atoms with Gasteiger partial charge in [-0.15, -0.1) is 0 Å². The number of hydrogen-bond acceptors (Lipinski definition) is 4. The molecule has 0 atom stereocenters. The molecule has 0 fully saturated rings. The molecule has 0 aromatic carbocycles. The Kier molecular flexibility index (Phi) is 3.95. The summed E-state index contributed by atoms with van der Waals surface area (Å²) in [5.41, 5.74) is 5.36. The quantitative estimate of drug-likeness (QED) is 0.809. The van der Waals surface area contributed by atoms with E-state index in [0.29, 0.717) is 13.1 Å². The molecule has 0 aliphatic carbocycles. The molecular weight excluding hydrogens is 240 g/mol. The smallest absolute Gasteiger partial charge is 0.245 e. The Bertz CT molecular complexity index is 478. The Morgan fingerprint density at radius 3 is 2.53 bits per heavy atom. The van der Waals surface area contributed by atoms with Gasteiger partial charge in [0.1, 0.15) is 4.90 Å². The first-order valence-corrected chi connectivity index (χ1v) is 6.78. The molecule has 0 saturated carbocycles. The second-order valence-corrected chi connectivity index (χ2v) is 7.02. The van der Waals surface area contributed by atoms with E-state index in [1.54, 1.807) is 14.1 Å². The number of aromatic nitrogens is 2. The molecule has 0 unspecified atom stereocenters. The van der Waals surface area contributed by atoms with E-state index < -0.39 is 10.0 Å². The summed E-state index contributed by atoms with van der Waals surface area (Å²) in [4.78, 5) is 0.204. The van der Waals surface area contributed by atoms with Gasteiger partial charge in [-0.2, -0.15) is 5.10 Å². The van der Waals surface area contributed by atoms with Gasteiger partial charge in [-0.1, -0.05) is 13.8 Å². The van der Waals surface area contributed by atoms with E-state index in [0.717, 1.165) is 0 Å². The number of rotatable bonds is 5. The van der Waals surface area contributed by atoms with Gasteiger partial charge in [0.05, 0.1) is 6.20 Å². The van der Waals surface area contributed by atoms with Crippen LogP contribution >= 0.6 is 0 Å². The van der Waals surface area contributed by atoms with Crippen LogP contribution in [0.4, 0.5) is 0 Å². The van der Waals surface area contributed by atoms with Crippen molar-refractivity contribution in [2.45, 2.75) is 18.7 Å². The van der Waals surface area contributed by atoms with Gasteiger partial charge in [0, 0.05) is 26.8 Å². The molecule has 1 aromatic heterocycles. The van der Waals surface area contributed by atoms with Crippen molar-refractivity contribution in [1.82, 2.24) is 14.1 Å². The fourth-order valence-corrected chi connectivity index (χ4v) is 2.81. The van der Waals surface area contributed by atoms with Gasteiger partial charge >= 0.3 is 0 Å². The zero-order valence-electron chi connectivity index (χ0n) is 10.7. The molecule has 0 amide bonds. The molecule has 17 heavy (non-hydrogen) atoms. The fourth-order valence-electron chi connectivity index (χ4n) is 1.46. The average molecular weight is 260 g/mol. The van der Waals surface area contributed by atoms with E-state index in [1.165, 1.54) is 21.4 Å². The van der Waals surface area contributed by atoms with E-state index in [2.05, 4.69) is 5.10 Å². The lowest BCUT2D eigenvalue weighted by molar-refractivity contribution is 0.292. The molecule has 0 saturated heterocycles. The Balaban J connectivity index is 2.92. The van der Waals surface area contributed by atoms with Gasteiger partial charge in [0.15, 0.2) is 0 Å². The van der Waals surface area contributed by atoms with Crippen molar-refractivity contribution in [3.05, 3.63) is 12.4 Å². The predicted octanol–water partition coefficient (Wildman–Crippen LogP) is 0.0255. The number of aryl methyl sites for hydroxylation is 1. The highest BCUT2D eigenvalue weighted by atomic mass is 32.2. The van der Waals surface area contributed by atoms with Gasteiger partial charge in [0.25, 0.3) is 0 Å². The van der Waals surface area contributed by atoms with Crippen molar-refractivity contribution in [2.75, 3.05) is 20.1 Å². The van der Waals surface area contributed by atoms with Crippen LogP contribution in [-0.4, -0.2) is 42.6 Å². The van der Waals surface area contributed by atoms with Gasteiger partial charge in [-0.3, -0.25) is 4.68 Å². The second-order valence-electron chi connectivity index (χ2n) is 4.98. The molecule has 1 aromatic rings. The van der Waals surface area contributed by atoms with E-state index in [1.807, 2.05) is 13.8 Å². The standard InChI is InChI=1S/C10H20N4O2S/c1-10(2,7-11)8-14(4)17(15,16)9-5-12-13(3)6-9/h5-6H,7-8,11H2,1-4H3. The molecule has 0 aliphatic heterocycles. The number of sulfonamides is 1. The summed E-state index contributed by atoms with van der Waals surface area (Å²) >= 11 is 0. The van der Waals surface area contributed by atoms with E-state index in [4.69, 9.17) is 5.73 Å². The summed E-state index contributed by atoms with van der Waals surface area (Å²) in [6, 6.07) is 0. The highest BCUT2D eigenvalue weighted by Gasteiger charge is 2.27. The topological polar surface area (TPSA) is 81.2 Å². The van der Waals surface area contributed by atoms with Crippen LogP contribution in [0.5, 0.6) is 0 Å². The lowest BCUT2D eigenvalue weighted by Gasteiger charge is -2.28. The summed E-state index contributed by atoms with van der Waals surface area (Å²) in [6.45, 7) is 4.67. The van der Waals surface area contributed by atoms with Crippen LogP contribution in [0.3, 0.4) is 0 Å². The molecule has 0 aliphatic rings. The Morgan fingerprint density at radius 1 is 1.53 bits per heavy atom. The van der Waals surface area contributed by atoms with E-state index >= 15 is 0 Å². The summed E-state index contributed by atoms with van der Waals surface area (Å²) in [6.07, 6.45) is 2.84. The van der Waals surface area contributed by atoms with Crippen molar-refractivity contribution >= 4 is 10.0 Å². The zero-order valence-corrected chi connectivity index (χ0v) is 11.5. The summed E-state index contributed by atoms with van der Waals surface area (Å²) in [7, 11) is -0.228. The van der Waals surface area contributed by atoms with Crippen LogP contribution in [-0.2, 0) is 17.1 Å². The van der Waals surface area contributed by atoms with Crippen LogP contribution in [0.2, 0.25) is 0 Å².